The van der Waals surface area contributed by atoms with Crippen molar-refractivity contribution in [3.05, 3.63) is 28.7 Å². The first kappa shape index (κ1) is 14.5. The van der Waals surface area contributed by atoms with Crippen LogP contribution in [0.4, 0.5) is 5.69 Å². The summed E-state index contributed by atoms with van der Waals surface area (Å²) in [5.74, 6) is 0.0172. The zero-order chi connectivity index (χ0) is 13.8. The molecule has 1 amide bonds. The molecule has 0 radical (unpaired) electrons. The first-order chi connectivity index (χ1) is 9.02. The molecule has 4 nitrogen and oxygen atoms in total. The fourth-order valence-corrected chi connectivity index (χ4v) is 2.61. The predicted octanol–water partition coefficient (Wildman–Crippen LogP) is 2.50. The van der Waals surface area contributed by atoms with Crippen LogP contribution < -0.4 is 5.32 Å². The van der Waals surface area contributed by atoms with Crippen molar-refractivity contribution in [2.75, 3.05) is 25.0 Å². The van der Waals surface area contributed by atoms with E-state index < -0.39 is 0 Å². The topological polar surface area (TPSA) is 41.6 Å². The van der Waals surface area contributed by atoms with Crippen molar-refractivity contribution in [1.29, 1.82) is 0 Å². The number of amides is 1. The maximum Gasteiger partial charge on any atom is 0.238 e. The number of anilines is 1. The fourth-order valence-electron chi connectivity index (χ4n) is 2.35. The molecular formula is C14H19BrN2O2. The van der Waals surface area contributed by atoms with Gasteiger partial charge in [-0.1, -0.05) is 15.9 Å². The van der Waals surface area contributed by atoms with Gasteiger partial charge in [-0.25, -0.2) is 0 Å². The number of rotatable bonds is 3. The van der Waals surface area contributed by atoms with Crippen molar-refractivity contribution in [2.45, 2.75) is 26.1 Å². The van der Waals surface area contributed by atoms with Crippen LogP contribution >= 0.6 is 15.9 Å². The number of nitrogens with zero attached hydrogens (tertiary/aromatic N) is 1. The Morgan fingerprint density at radius 1 is 1.32 bits per heavy atom. The quantitative estimate of drug-likeness (QED) is 0.927. The van der Waals surface area contributed by atoms with E-state index in [0.29, 0.717) is 6.54 Å². The van der Waals surface area contributed by atoms with Crippen LogP contribution in [0.1, 0.15) is 13.8 Å². The summed E-state index contributed by atoms with van der Waals surface area (Å²) in [5.41, 5.74) is 0.822. The van der Waals surface area contributed by atoms with Gasteiger partial charge >= 0.3 is 0 Å². The number of morpholine rings is 1. The molecule has 1 N–H and O–H groups in total. The van der Waals surface area contributed by atoms with E-state index in [-0.39, 0.29) is 18.1 Å². The predicted molar refractivity (Wildman–Crippen MR) is 79.2 cm³/mol. The van der Waals surface area contributed by atoms with Gasteiger partial charge in [0.05, 0.1) is 18.8 Å². The summed E-state index contributed by atoms with van der Waals surface area (Å²) in [4.78, 5) is 14.1. The van der Waals surface area contributed by atoms with E-state index in [1.54, 1.807) is 0 Å². The summed E-state index contributed by atoms with van der Waals surface area (Å²) in [5, 5.41) is 2.90. The van der Waals surface area contributed by atoms with E-state index in [0.717, 1.165) is 23.2 Å². The maximum atomic E-state index is 12.0. The summed E-state index contributed by atoms with van der Waals surface area (Å²) in [6.45, 7) is 6.09. The maximum absolute atomic E-state index is 12.0. The highest BCUT2D eigenvalue weighted by Gasteiger charge is 2.23. The summed E-state index contributed by atoms with van der Waals surface area (Å²) in [6.07, 6.45) is 0.369. The molecule has 1 aromatic carbocycles. The summed E-state index contributed by atoms with van der Waals surface area (Å²) >= 11 is 3.37. The molecule has 0 bridgehead atoms. The van der Waals surface area contributed by atoms with E-state index in [4.69, 9.17) is 4.74 Å². The third-order valence-electron chi connectivity index (χ3n) is 2.99. The second-order valence-electron chi connectivity index (χ2n) is 5.01. The molecule has 5 heteroatoms. The summed E-state index contributed by atoms with van der Waals surface area (Å²) in [6, 6.07) is 7.59. The molecule has 1 fully saturated rings. The number of hydrogen-bond donors (Lipinski definition) is 1. The average molecular weight is 327 g/mol. The lowest BCUT2D eigenvalue weighted by atomic mass is 10.2. The monoisotopic (exact) mass is 326 g/mol. The number of carbonyl (C=O) groups is 1. The lowest BCUT2D eigenvalue weighted by Gasteiger charge is -2.34. The van der Waals surface area contributed by atoms with Gasteiger partial charge in [0.15, 0.2) is 0 Å². The number of benzene rings is 1. The second-order valence-corrected chi connectivity index (χ2v) is 5.92. The minimum absolute atomic E-state index is 0.0172. The molecule has 1 saturated heterocycles. The van der Waals surface area contributed by atoms with Crippen LogP contribution in [0.5, 0.6) is 0 Å². The molecule has 1 aliphatic rings. The Morgan fingerprint density at radius 2 is 1.89 bits per heavy atom. The van der Waals surface area contributed by atoms with Gasteiger partial charge in [0.2, 0.25) is 5.91 Å². The standard InChI is InChI=1S/C14H19BrN2O2/c1-10-7-17(8-11(2)19-10)9-14(18)16-13-5-3-12(15)4-6-13/h3-6,10-11H,7-9H2,1-2H3,(H,16,18)/t10-,11+. The number of ether oxygens (including phenoxy) is 1. The Kier molecular flexibility index (Phi) is 4.96. The molecule has 0 aromatic heterocycles. The van der Waals surface area contributed by atoms with Crippen LogP contribution in [0.3, 0.4) is 0 Å². The Hall–Kier alpha value is -0.910. The Labute approximate surface area is 122 Å². The van der Waals surface area contributed by atoms with E-state index in [2.05, 4.69) is 26.1 Å². The minimum atomic E-state index is 0.0172. The average Bonchev–Trinajstić information content (AvgIpc) is 2.30. The Morgan fingerprint density at radius 3 is 2.47 bits per heavy atom. The number of carbonyl (C=O) groups excluding carboxylic acids is 1. The molecular weight excluding hydrogens is 308 g/mol. The minimum Gasteiger partial charge on any atom is -0.373 e. The largest absolute Gasteiger partial charge is 0.373 e. The normalized spacial score (nSPS) is 24.2. The van der Waals surface area contributed by atoms with Gasteiger partial charge < -0.3 is 10.1 Å². The number of hydrogen-bond acceptors (Lipinski definition) is 3. The van der Waals surface area contributed by atoms with Crippen LogP contribution in [0, 0.1) is 0 Å². The highest BCUT2D eigenvalue weighted by Crippen LogP contribution is 2.14. The van der Waals surface area contributed by atoms with Crippen molar-refractivity contribution < 1.29 is 9.53 Å². The molecule has 104 valence electrons. The van der Waals surface area contributed by atoms with Gasteiger partial charge in [0, 0.05) is 23.2 Å². The van der Waals surface area contributed by atoms with Crippen LogP contribution in [0.25, 0.3) is 0 Å². The van der Waals surface area contributed by atoms with Crippen molar-refractivity contribution >= 4 is 27.5 Å². The molecule has 2 rings (SSSR count). The van der Waals surface area contributed by atoms with Crippen molar-refractivity contribution in [1.82, 2.24) is 4.90 Å². The van der Waals surface area contributed by atoms with Crippen LogP contribution in [-0.4, -0.2) is 42.6 Å². The first-order valence-corrected chi connectivity index (χ1v) is 7.25. The molecule has 0 saturated carbocycles. The Bertz CT molecular complexity index is 426. The molecule has 0 unspecified atom stereocenters. The molecule has 19 heavy (non-hydrogen) atoms. The summed E-state index contributed by atoms with van der Waals surface area (Å²) < 4.78 is 6.65. The smallest absolute Gasteiger partial charge is 0.238 e. The SMILES string of the molecule is C[C@@H]1CN(CC(=O)Nc2ccc(Br)cc2)C[C@H](C)O1. The zero-order valence-corrected chi connectivity index (χ0v) is 12.8. The highest BCUT2D eigenvalue weighted by atomic mass is 79.9. The van der Waals surface area contributed by atoms with Crippen LogP contribution in [0.15, 0.2) is 28.7 Å². The van der Waals surface area contributed by atoms with Crippen molar-refractivity contribution in [3.8, 4) is 0 Å². The Balaban J connectivity index is 1.85. The van der Waals surface area contributed by atoms with Crippen LogP contribution in [-0.2, 0) is 9.53 Å². The molecule has 1 aromatic rings. The van der Waals surface area contributed by atoms with Gasteiger partial charge in [0.1, 0.15) is 0 Å². The van der Waals surface area contributed by atoms with E-state index >= 15 is 0 Å². The van der Waals surface area contributed by atoms with Gasteiger partial charge in [0.25, 0.3) is 0 Å². The fraction of sp³-hybridized carbons (Fsp3) is 0.500. The van der Waals surface area contributed by atoms with Crippen molar-refractivity contribution in [2.24, 2.45) is 0 Å². The van der Waals surface area contributed by atoms with E-state index in [1.165, 1.54) is 0 Å². The summed E-state index contributed by atoms with van der Waals surface area (Å²) in [7, 11) is 0. The number of nitrogens with one attached hydrogen (secondary N) is 1. The lowest BCUT2D eigenvalue weighted by molar-refractivity contribution is -0.121. The van der Waals surface area contributed by atoms with Gasteiger partial charge in [-0.2, -0.15) is 0 Å². The van der Waals surface area contributed by atoms with Gasteiger partial charge in [-0.3, -0.25) is 9.69 Å². The van der Waals surface area contributed by atoms with E-state index in [9.17, 15) is 4.79 Å². The van der Waals surface area contributed by atoms with Crippen LogP contribution in [0.2, 0.25) is 0 Å². The molecule has 0 spiro atoms. The van der Waals surface area contributed by atoms with Crippen molar-refractivity contribution in [3.63, 3.8) is 0 Å². The highest BCUT2D eigenvalue weighted by molar-refractivity contribution is 9.10. The molecule has 2 atom stereocenters. The molecule has 1 heterocycles. The lowest BCUT2D eigenvalue weighted by Crippen LogP contribution is -2.48. The van der Waals surface area contributed by atoms with Gasteiger partial charge in [-0.15, -0.1) is 0 Å². The third kappa shape index (κ3) is 4.60. The van der Waals surface area contributed by atoms with Gasteiger partial charge in [-0.05, 0) is 38.1 Å². The zero-order valence-electron chi connectivity index (χ0n) is 11.2. The second kappa shape index (κ2) is 6.50. The number of halogens is 1. The molecule has 1 aliphatic heterocycles. The first-order valence-electron chi connectivity index (χ1n) is 6.46. The molecule has 0 aliphatic carbocycles. The van der Waals surface area contributed by atoms with E-state index in [1.807, 2.05) is 38.1 Å². The third-order valence-corrected chi connectivity index (χ3v) is 3.52.